The highest BCUT2D eigenvalue weighted by Gasteiger charge is 2.33. The Bertz CT molecular complexity index is 549. The van der Waals surface area contributed by atoms with Crippen LogP contribution >= 0.6 is 11.3 Å². The van der Waals surface area contributed by atoms with E-state index in [-0.39, 0.29) is 5.91 Å². The van der Waals surface area contributed by atoms with E-state index >= 15 is 0 Å². The second kappa shape index (κ2) is 4.55. The molecule has 6 heteroatoms. The molecule has 1 amide bonds. The maximum atomic E-state index is 12.5. The highest BCUT2D eigenvalue weighted by molar-refractivity contribution is 7.07. The van der Waals surface area contributed by atoms with Crippen LogP contribution < -0.4 is 10.2 Å². The zero-order chi connectivity index (χ0) is 12.5. The lowest BCUT2D eigenvalue weighted by molar-refractivity contribution is -0.120. The van der Waals surface area contributed by atoms with Gasteiger partial charge < -0.3 is 9.73 Å². The van der Waals surface area contributed by atoms with Crippen molar-refractivity contribution in [3.63, 3.8) is 0 Å². The molecule has 0 saturated carbocycles. The van der Waals surface area contributed by atoms with E-state index in [0.717, 1.165) is 23.6 Å². The standard InChI is InChI=1S/C12H13N3O2S/c1-13-10-11-8(3-5-17-11)2-4-15(12(10)16)9-6-18-7-14-9/h3,5-7,10,13H,2,4H2,1H3. The van der Waals surface area contributed by atoms with Gasteiger partial charge in [-0.3, -0.25) is 9.69 Å². The molecule has 0 radical (unpaired) electrons. The Labute approximate surface area is 108 Å². The number of nitrogens with one attached hydrogen (secondary N) is 1. The average Bonchev–Trinajstić information content (AvgIpc) is 3.01. The van der Waals surface area contributed by atoms with Gasteiger partial charge in [-0.25, -0.2) is 4.98 Å². The number of hydrogen-bond donors (Lipinski definition) is 1. The number of carbonyl (C=O) groups is 1. The molecule has 2 aromatic rings. The molecule has 94 valence electrons. The molecule has 0 fully saturated rings. The third-order valence-corrected chi connectivity index (χ3v) is 3.72. The Kier molecular flexibility index (Phi) is 2.89. The summed E-state index contributed by atoms with van der Waals surface area (Å²) in [5.74, 6) is 1.42. The normalized spacial score (nSPS) is 19.7. The van der Waals surface area contributed by atoms with E-state index in [1.165, 1.54) is 11.3 Å². The lowest BCUT2D eigenvalue weighted by Gasteiger charge is -2.21. The number of thiazole rings is 1. The van der Waals surface area contributed by atoms with Crippen molar-refractivity contribution in [3.05, 3.63) is 34.5 Å². The maximum Gasteiger partial charge on any atom is 0.253 e. The van der Waals surface area contributed by atoms with Crippen molar-refractivity contribution in [1.29, 1.82) is 0 Å². The van der Waals surface area contributed by atoms with E-state index in [1.54, 1.807) is 23.7 Å². The third-order valence-electron chi connectivity index (χ3n) is 3.15. The van der Waals surface area contributed by atoms with Gasteiger partial charge in [-0.2, -0.15) is 0 Å². The zero-order valence-electron chi connectivity index (χ0n) is 9.92. The SMILES string of the molecule is CNC1C(=O)N(c2cscn2)CCc2ccoc21. The number of hydrogen-bond acceptors (Lipinski definition) is 5. The lowest BCUT2D eigenvalue weighted by Crippen LogP contribution is -2.39. The van der Waals surface area contributed by atoms with Gasteiger partial charge in [0.1, 0.15) is 17.6 Å². The van der Waals surface area contributed by atoms with Crippen LogP contribution in [0.4, 0.5) is 5.82 Å². The van der Waals surface area contributed by atoms with Crippen LogP contribution in [0.25, 0.3) is 0 Å². The van der Waals surface area contributed by atoms with Crippen LogP contribution in [-0.4, -0.2) is 24.5 Å². The molecule has 0 aromatic carbocycles. The van der Waals surface area contributed by atoms with Crippen molar-refractivity contribution < 1.29 is 9.21 Å². The fourth-order valence-electron chi connectivity index (χ4n) is 2.24. The Balaban J connectivity index is 1.99. The van der Waals surface area contributed by atoms with Gasteiger partial charge in [0.2, 0.25) is 0 Å². The smallest absolute Gasteiger partial charge is 0.253 e. The molecule has 0 spiro atoms. The van der Waals surface area contributed by atoms with E-state index < -0.39 is 6.04 Å². The van der Waals surface area contributed by atoms with Crippen molar-refractivity contribution in [3.8, 4) is 0 Å². The largest absolute Gasteiger partial charge is 0.467 e. The second-order valence-electron chi connectivity index (χ2n) is 4.12. The number of furan rings is 1. The molecule has 1 N–H and O–H groups in total. The number of nitrogens with zero attached hydrogens (tertiary/aromatic N) is 2. The lowest BCUT2D eigenvalue weighted by atomic mass is 10.1. The number of aromatic nitrogens is 1. The molecule has 2 aromatic heterocycles. The number of carbonyl (C=O) groups excluding carboxylic acids is 1. The molecule has 5 nitrogen and oxygen atoms in total. The number of likely N-dealkylation sites (N-methyl/N-ethyl adjacent to an activating group) is 1. The number of anilines is 1. The van der Waals surface area contributed by atoms with Gasteiger partial charge in [-0.05, 0) is 25.1 Å². The molecule has 0 aliphatic carbocycles. The predicted molar refractivity (Wildman–Crippen MR) is 68.7 cm³/mol. The van der Waals surface area contributed by atoms with Gasteiger partial charge in [0, 0.05) is 11.9 Å². The third kappa shape index (κ3) is 1.74. The highest BCUT2D eigenvalue weighted by atomic mass is 32.1. The minimum atomic E-state index is -0.431. The molecule has 0 bridgehead atoms. The minimum Gasteiger partial charge on any atom is -0.467 e. The number of fused-ring (bicyclic) bond motifs is 1. The molecule has 1 aliphatic rings. The molecule has 0 saturated heterocycles. The van der Waals surface area contributed by atoms with Crippen molar-refractivity contribution in [2.45, 2.75) is 12.5 Å². The molecule has 3 rings (SSSR count). The summed E-state index contributed by atoms with van der Waals surface area (Å²) < 4.78 is 5.45. The van der Waals surface area contributed by atoms with Crippen LogP contribution in [0.3, 0.4) is 0 Å². The first-order valence-electron chi connectivity index (χ1n) is 5.74. The van der Waals surface area contributed by atoms with Crippen LogP contribution in [0.15, 0.2) is 27.6 Å². The Morgan fingerprint density at radius 3 is 3.22 bits per heavy atom. The molecule has 18 heavy (non-hydrogen) atoms. The Morgan fingerprint density at radius 1 is 1.61 bits per heavy atom. The summed E-state index contributed by atoms with van der Waals surface area (Å²) in [7, 11) is 1.76. The molecule has 3 heterocycles. The van der Waals surface area contributed by atoms with Gasteiger partial charge >= 0.3 is 0 Å². The molecule has 1 atom stereocenters. The Morgan fingerprint density at radius 2 is 2.50 bits per heavy atom. The van der Waals surface area contributed by atoms with E-state index in [4.69, 9.17) is 4.42 Å². The molecular formula is C12H13N3O2S. The molecular weight excluding hydrogens is 250 g/mol. The van der Waals surface area contributed by atoms with Gasteiger partial charge in [0.15, 0.2) is 0 Å². The van der Waals surface area contributed by atoms with E-state index in [9.17, 15) is 4.79 Å². The van der Waals surface area contributed by atoms with Crippen molar-refractivity contribution in [2.75, 3.05) is 18.5 Å². The van der Waals surface area contributed by atoms with Gasteiger partial charge in [0.25, 0.3) is 5.91 Å². The van der Waals surface area contributed by atoms with E-state index in [1.807, 2.05) is 11.4 Å². The number of amides is 1. The molecule has 1 aliphatic heterocycles. The van der Waals surface area contributed by atoms with Gasteiger partial charge in [0.05, 0.1) is 11.8 Å². The average molecular weight is 263 g/mol. The first-order chi connectivity index (χ1) is 8.81. The van der Waals surface area contributed by atoms with Gasteiger partial charge in [-0.1, -0.05) is 0 Å². The summed E-state index contributed by atoms with van der Waals surface area (Å²) in [6, 6.07) is 1.50. The van der Waals surface area contributed by atoms with Crippen LogP contribution in [0.1, 0.15) is 17.4 Å². The van der Waals surface area contributed by atoms with E-state index in [2.05, 4.69) is 10.3 Å². The maximum absolute atomic E-state index is 12.5. The van der Waals surface area contributed by atoms with Crippen molar-refractivity contribution in [1.82, 2.24) is 10.3 Å². The fraction of sp³-hybridized carbons (Fsp3) is 0.333. The first-order valence-corrected chi connectivity index (χ1v) is 6.68. The predicted octanol–water partition coefficient (Wildman–Crippen LogP) is 1.59. The first kappa shape index (κ1) is 11.4. The van der Waals surface area contributed by atoms with Crippen LogP contribution in [0.5, 0.6) is 0 Å². The molecule has 1 unspecified atom stereocenters. The zero-order valence-corrected chi connectivity index (χ0v) is 10.7. The summed E-state index contributed by atoms with van der Waals surface area (Å²) in [4.78, 5) is 18.4. The second-order valence-corrected chi connectivity index (χ2v) is 4.84. The highest BCUT2D eigenvalue weighted by Crippen LogP contribution is 2.28. The Hall–Kier alpha value is -1.66. The van der Waals surface area contributed by atoms with Crippen LogP contribution in [0, 0.1) is 0 Å². The summed E-state index contributed by atoms with van der Waals surface area (Å²) in [6.45, 7) is 0.632. The van der Waals surface area contributed by atoms with Crippen molar-refractivity contribution in [2.24, 2.45) is 0 Å². The quantitative estimate of drug-likeness (QED) is 0.894. The summed E-state index contributed by atoms with van der Waals surface area (Å²) in [6.07, 6.45) is 2.42. The number of rotatable bonds is 2. The van der Waals surface area contributed by atoms with Crippen LogP contribution in [-0.2, 0) is 11.2 Å². The summed E-state index contributed by atoms with van der Waals surface area (Å²) >= 11 is 1.49. The fourth-order valence-corrected chi connectivity index (χ4v) is 2.78. The monoisotopic (exact) mass is 263 g/mol. The topological polar surface area (TPSA) is 58.4 Å². The summed E-state index contributed by atoms with van der Waals surface area (Å²) in [5.41, 5.74) is 2.82. The van der Waals surface area contributed by atoms with E-state index in [0.29, 0.717) is 6.54 Å². The van der Waals surface area contributed by atoms with Crippen LogP contribution in [0.2, 0.25) is 0 Å². The minimum absolute atomic E-state index is 0.0166. The van der Waals surface area contributed by atoms with Crippen molar-refractivity contribution >= 4 is 23.1 Å². The summed E-state index contributed by atoms with van der Waals surface area (Å²) in [5, 5.41) is 4.91. The van der Waals surface area contributed by atoms with Gasteiger partial charge in [-0.15, -0.1) is 11.3 Å².